The normalized spacial score (nSPS) is 10.8. The number of ether oxygens (including phenoxy) is 1. The minimum atomic E-state index is 0.100. The summed E-state index contributed by atoms with van der Waals surface area (Å²) in [5, 5.41) is 3.87. The zero-order valence-electron chi connectivity index (χ0n) is 9.69. The van der Waals surface area contributed by atoms with Gasteiger partial charge in [0.15, 0.2) is 0 Å². The molecule has 0 spiro atoms. The van der Waals surface area contributed by atoms with Crippen molar-refractivity contribution in [2.24, 2.45) is 0 Å². The summed E-state index contributed by atoms with van der Waals surface area (Å²) in [4.78, 5) is 8.67. The third kappa shape index (κ3) is 2.05. The van der Waals surface area contributed by atoms with Gasteiger partial charge in [-0.05, 0) is 26.0 Å². The van der Waals surface area contributed by atoms with Crippen molar-refractivity contribution in [2.75, 3.05) is 12.4 Å². The zero-order chi connectivity index (χ0) is 11.5. The molecule has 0 aliphatic carbocycles. The van der Waals surface area contributed by atoms with Crippen molar-refractivity contribution in [3.05, 3.63) is 24.3 Å². The predicted molar refractivity (Wildman–Crippen MR) is 64.8 cm³/mol. The molecule has 16 heavy (non-hydrogen) atoms. The number of nitrogens with zero attached hydrogens (tertiary/aromatic N) is 2. The minimum absolute atomic E-state index is 0.100. The van der Waals surface area contributed by atoms with E-state index in [9.17, 15) is 0 Å². The molecule has 1 N–H and O–H groups in total. The van der Waals surface area contributed by atoms with Gasteiger partial charge in [0.1, 0.15) is 0 Å². The van der Waals surface area contributed by atoms with Crippen molar-refractivity contribution < 1.29 is 4.74 Å². The van der Waals surface area contributed by atoms with E-state index in [0.29, 0.717) is 11.8 Å². The van der Waals surface area contributed by atoms with Crippen LogP contribution in [0.5, 0.6) is 5.88 Å². The maximum absolute atomic E-state index is 5.68. The lowest BCUT2D eigenvalue weighted by Crippen LogP contribution is -2.09. The van der Waals surface area contributed by atoms with E-state index in [2.05, 4.69) is 15.3 Å². The minimum Gasteiger partial charge on any atom is -0.474 e. The van der Waals surface area contributed by atoms with Crippen molar-refractivity contribution in [1.82, 2.24) is 9.97 Å². The molecule has 0 radical (unpaired) electrons. The third-order valence-electron chi connectivity index (χ3n) is 2.14. The average molecular weight is 217 g/mol. The Hall–Kier alpha value is -1.84. The molecule has 1 heterocycles. The van der Waals surface area contributed by atoms with E-state index in [1.54, 1.807) is 7.05 Å². The largest absolute Gasteiger partial charge is 0.474 e. The van der Waals surface area contributed by atoms with Crippen LogP contribution in [0.1, 0.15) is 13.8 Å². The molecule has 0 amide bonds. The van der Waals surface area contributed by atoms with Gasteiger partial charge in [-0.15, -0.1) is 0 Å². The Bertz CT molecular complexity index is 497. The second-order valence-corrected chi connectivity index (χ2v) is 3.79. The van der Waals surface area contributed by atoms with Crippen LogP contribution in [0.25, 0.3) is 10.9 Å². The van der Waals surface area contributed by atoms with E-state index < -0.39 is 0 Å². The van der Waals surface area contributed by atoms with E-state index in [0.717, 1.165) is 10.9 Å². The average Bonchev–Trinajstić information content (AvgIpc) is 2.28. The summed E-state index contributed by atoms with van der Waals surface area (Å²) in [7, 11) is 1.79. The molecule has 0 atom stereocenters. The number of anilines is 1. The maximum Gasteiger partial charge on any atom is 0.226 e. The molecule has 4 nitrogen and oxygen atoms in total. The van der Waals surface area contributed by atoms with Crippen LogP contribution >= 0.6 is 0 Å². The molecular formula is C12H15N3O. The Morgan fingerprint density at radius 2 is 1.94 bits per heavy atom. The van der Waals surface area contributed by atoms with Crippen LogP contribution < -0.4 is 10.1 Å². The van der Waals surface area contributed by atoms with Crippen LogP contribution in [-0.4, -0.2) is 23.1 Å². The van der Waals surface area contributed by atoms with Crippen LogP contribution in [0.4, 0.5) is 5.95 Å². The summed E-state index contributed by atoms with van der Waals surface area (Å²) >= 11 is 0. The first-order chi connectivity index (χ1) is 7.70. The Balaban J connectivity index is 2.59. The van der Waals surface area contributed by atoms with E-state index in [-0.39, 0.29) is 6.10 Å². The molecule has 0 saturated carbocycles. The Morgan fingerprint density at radius 1 is 1.19 bits per heavy atom. The second-order valence-electron chi connectivity index (χ2n) is 3.79. The molecule has 0 aliphatic heterocycles. The summed E-state index contributed by atoms with van der Waals surface area (Å²) in [6, 6.07) is 7.82. The van der Waals surface area contributed by atoms with Gasteiger partial charge in [-0.25, -0.2) is 4.98 Å². The Labute approximate surface area is 94.7 Å². The fourth-order valence-corrected chi connectivity index (χ4v) is 1.47. The summed E-state index contributed by atoms with van der Waals surface area (Å²) in [6.45, 7) is 3.96. The van der Waals surface area contributed by atoms with Gasteiger partial charge in [0.05, 0.1) is 17.0 Å². The quantitative estimate of drug-likeness (QED) is 0.857. The first-order valence-corrected chi connectivity index (χ1v) is 5.32. The molecule has 0 saturated heterocycles. The number of aromatic nitrogens is 2. The van der Waals surface area contributed by atoms with Gasteiger partial charge < -0.3 is 10.1 Å². The lowest BCUT2D eigenvalue weighted by Gasteiger charge is -2.12. The summed E-state index contributed by atoms with van der Waals surface area (Å²) in [6.07, 6.45) is 0.100. The Kier molecular flexibility index (Phi) is 2.90. The van der Waals surface area contributed by atoms with E-state index in [4.69, 9.17) is 4.74 Å². The van der Waals surface area contributed by atoms with Crippen LogP contribution in [0, 0.1) is 0 Å². The number of hydrogen-bond acceptors (Lipinski definition) is 4. The van der Waals surface area contributed by atoms with Gasteiger partial charge in [0.25, 0.3) is 0 Å². The fraction of sp³-hybridized carbons (Fsp3) is 0.333. The molecule has 0 bridgehead atoms. The number of fused-ring (bicyclic) bond motifs is 1. The van der Waals surface area contributed by atoms with Crippen molar-refractivity contribution in [1.29, 1.82) is 0 Å². The van der Waals surface area contributed by atoms with Crippen molar-refractivity contribution in [3.8, 4) is 5.88 Å². The highest BCUT2D eigenvalue weighted by Gasteiger charge is 2.08. The molecule has 0 fully saturated rings. The standard InChI is InChI=1S/C12H15N3O/c1-8(2)16-11-9-6-4-5-7-10(9)14-12(13-3)15-11/h4-8H,1-3H3,(H,13,14,15). The van der Waals surface area contributed by atoms with Crippen molar-refractivity contribution in [2.45, 2.75) is 20.0 Å². The molecule has 84 valence electrons. The Morgan fingerprint density at radius 3 is 2.62 bits per heavy atom. The predicted octanol–water partition coefficient (Wildman–Crippen LogP) is 2.46. The summed E-state index contributed by atoms with van der Waals surface area (Å²) in [5.41, 5.74) is 0.887. The van der Waals surface area contributed by atoms with E-state index >= 15 is 0 Å². The van der Waals surface area contributed by atoms with E-state index in [1.165, 1.54) is 0 Å². The zero-order valence-corrected chi connectivity index (χ0v) is 9.69. The fourth-order valence-electron chi connectivity index (χ4n) is 1.47. The number of benzene rings is 1. The molecule has 0 unspecified atom stereocenters. The first kappa shape index (κ1) is 10.7. The smallest absolute Gasteiger partial charge is 0.226 e. The van der Waals surface area contributed by atoms with Crippen LogP contribution in [0.15, 0.2) is 24.3 Å². The first-order valence-electron chi connectivity index (χ1n) is 5.32. The molecule has 2 aromatic rings. The highest BCUT2D eigenvalue weighted by atomic mass is 16.5. The molecule has 0 aliphatic rings. The topological polar surface area (TPSA) is 47.0 Å². The van der Waals surface area contributed by atoms with Gasteiger partial charge in [-0.1, -0.05) is 12.1 Å². The van der Waals surface area contributed by atoms with Gasteiger partial charge in [-0.2, -0.15) is 4.98 Å². The maximum atomic E-state index is 5.68. The summed E-state index contributed by atoms with van der Waals surface area (Å²) in [5.74, 6) is 1.21. The van der Waals surface area contributed by atoms with Crippen LogP contribution in [0.2, 0.25) is 0 Å². The molecule has 2 rings (SSSR count). The van der Waals surface area contributed by atoms with Gasteiger partial charge >= 0.3 is 0 Å². The van der Waals surface area contributed by atoms with Crippen LogP contribution in [0.3, 0.4) is 0 Å². The third-order valence-corrected chi connectivity index (χ3v) is 2.14. The van der Waals surface area contributed by atoms with E-state index in [1.807, 2.05) is 38.1 Å². The van der Waals surface area contributed by atoms with Gasteiger partial charge in [0.2, 0.25) is 11.8 Å². The monoisotopic (exact) mass is 217 g/mol. The lowest BCUT2D eigenvalue weighted by atomic mass is 10.2. The van der Waals surface area contributed by atoms with Gasteiger partial charge in [-0.3, -0.25) is 0 Å². The van der Waals surface area contributed by atoms with Crippen molar-refractivity contribution >= 4 is 16.9 Å². The number of hydrogen-bond donors (Lipinski definition) is 1. The molecule has 1 aromatic carbocycles. The second kappa shape index (κ2) is 4.35. The van der Waals surface area contributed by atoms with Crippen molar-refractivity contribution in [3.63, 3.8) is 0 Å². The number of para-hydroxylation sites is 1. The molecule has 4 heteroatoms. The van der Waals surface area contributed by atoms with Gasteiger partial charge in [0, 0.05) is 7.05 Å². The molecular weight excluding hydrogens is 202 g/mol. The number of nitrogens with one attached hydrogen (secondary N) is 1. The number of rotatable bonds is 3. The summed E-state index contributed by atoms with van der Waals surface area (Å²) < 4.78 is 5.68. The molecule has 1 aromatic heterocycles. The lowest BCUT2D eigenvalue weighted by molar-refractivity contribution is 0.236. The SMILES string of the molecule is CNc1nc(OC(C)C)c2ccccc2n1. The van der Waals surface area contributed by atoms with Crippen LogP contribution in [-0.2, 0) is 0 Å². The highest BCUT2D eigenvalue weighted by Crippen LogP contribution is 2.24. The highest BCUT2D eigenvalue weighted by molar-refractivity contribution is 5.84.